The van der Waals surface area contributed by atoms with Gasteiger partial charge in [0.1, 0.15) is 5.54 Å². The van der Waals surface area contributed by atoms with Gasteiger partial charge in [-0.2, -0.15) is 0 Å². The number of rotatable bonds is 6. The molecule has 0 unspecified atom stereocenters. The maximum absolute atomic E-state index is 13.2. The van der Waals surface area contributed by atoms with Crippen LogP contribution in [-0.2, 0) is 16.0 Å². The number of hydrogen-bond donors (Lipinski definition) is 1. The average molecular weight is 441 g/mol. The van der Waals surface area contributed by atoms with Crippen LogP contribution in [0, 0.1) is 12.8 Å². The number of carbonyl (C=O) groups excluding carboxylic acids is 3. The van der Waals surface area contributed by atoms with Crippen molar-refractivity contribution in [3.8, 4) is 0 Å². The zero-order valence-electron chi connectivity index (χ0n) is 19.4. The molecule has 3 fully saturated rings. The van der Waals surface area contributed by atoms with E-state index in [0.29, 0.717) is 38.9 Å². The molecule has 7 nitrogen and oxygen atoms in total. The summed E-state index contributed by atoms with van der Waals surface area (Å²) in [5, 5.41) is 3.03. The summed E-state index contributed by atoms with van der Waals surface area (Å²) in [5.41, 5.74) is 1.51. The second-order valence-electron chi connectivity index (χ2n) is 9.76. The maximum atomic E-state index is 13.2. The van der Waals surface area contributed by atoms with E-state index in [1.165, 1.54) is 4.90 Å². The van der Waals surface area contributed by atoms with E-state index in [0.717, 1.165) is 50.0 Å². The minimum Gasteiger partial charge on any atom is -0.342 e. The largest absolute Gasteiger partial charge is 0.342 e. The van der Waals surface area contributed by atoms with Gasteiger partial charge in [0.15, 0.2) is 0 Å². The Hall–Kier alpha value is -2.41. The number of carbonyl (C=O) groups is 3. The fraction of sp³-hybridized carbons (Fsp3) is 0.640. The molecule has 32 heavy (non-hydrogen) atoms. The molecular weight excluding hydrogens is 404 g/mol. The molecule has 174 valence electrons. The van der Waals surface area contributed by atoms with Crippen LogP contribution in [0.4, 0.5) is 4.79 Å². The Labute approximate surface area is 191 Å². The highest BCUT2D eigenvalue weighted by atomic mass is 16.2. The molecule has 3 heterocycles. The summed E-state index contributed by atoms with van der Waals surface area (Å²) < 4.78 is 0. The number of imide groups is 1. The van der Waals surface area contributed by atoms with Crippen LogP contribution in [0.1, 0.15) is 50.2 Å². The number of aryl methyl sites for hydroxylation is 1. The Morgan fingerprint density at radius 2 is 1.84 bits per heavy atom. The first-order valence-corrected chi connectivity index (χ1v) is 12.1. The Kier molecular flexibility index (Phi) is 6.84. The first kappa shape index (κ1) is 22.8. The molecule has 1 aromatic carbocycles. The van der Waals surface area contributed by atoms with E-state index >= 15 is 0 Å². The van der Waals surface area contributed by atoms with Crippen molar-refractivity contribution in [2.24, 2.45) is 5.92 Å². The molecular formula is C25H36N4O3. The SMILES string of the molecule is CCCN1CCC2(CC1)NC(=O)N(CC1CCN(C(=O)Cc3cccc(C)c3)CC1)C2=O. The van der Waals surface area contributed by atoms with Gasteiger partial charge in [-0.05, 0) is 57.1 Å². The molecule has 0 atom stereocenters. The average Bonchev–Trinajstić information content (AvgIpc) is 3.00. The van der Waals surface area contributed by atoms with E-state index in [2.05, 4.69) is 23.2 Å². The van der Waals surface area contributed by atoms with Gasteiger partial charge in [0.25, 0.3) is 5.91 Å². The van der Waals surface area contributed by atoms with E-state index in [-0.39, 0.29) is 23.8 Å². The topological polar surface area (TPSA) is 73.0 Å². The van der Waals surface area contributed by atoms with Crippen LogP contribution >= 0.6 is 0 Å². The van der Waals surface area contributed by atoms with Gasteiger partial charge in [-0.25, -0.2) is 4.79 Å². The summed E-state index contributed by atoms with van der Waals surface area (Å²) in [4.78, 5) is 44.3. The summed E-state index contributed by atoms with van der Waals surface area (Å²) in [7, 11) is 0. The molecule has 0 bridgehead atoms. The van der Waals surface area contributed by atoms with Crippen molar-refractivity contribution < 1.29 is 14.4 Å². The third-order valence-electron chi connectivity index (χ3n) is 7.34. The lowest BCUT2D eigenvalue weighted by molar-refractivity contribution is -0.135. The first-order valence-electron chi connectivity index (χ1n) is 12.1. The number of likely N-dealkylation sites (tertiary alicyclic amines) is 2. The van der Waals surface area contributed by atoms with E-state index in [1.54, 1.807) is 0 Å². The highest BCUT2D eigenvalue weighted by Gasteiger charge is 2.52. The third-order valence-corrected chi connectivity index (χ3v) is 7.34. The van der Waals surface area contributed by atoms with E-state index in [4.69, 9.17) is 0 Å². The van der Waals surface area contributed by atoms with Crippen molar-refractivity contribution in [2.45, 2.75) is 57.9 Å². The minimum atomic E-state index is -0.703. The fourth-order valence-corrected chi connectivity index (χ4v) is 5.39. The minimum absolute atomic E-state index is 0.0448. The molecule has 3 aliphatic heterocycles. The Bertz CT molecular complexity index is 854. The number of nitrogens with one attached hydrogen (secondary N) is 1. The molecule has 0 radical (unpaired) electrons. The molecule has 4 rings (SSSR count). The van der Waals surface area contributed by atoms with Gasteiger partial charge in [-0.15, -0.1) is 0 Å². The van der Waals surface area contributed by atoms with Gasteiger partial charge >= 0.3 is 6.03 Å². The van der Waals surface area contributed by atoms with Crippen LogP contribution in [0.5, 0.6) is 0 Å². The molecule has 0 aliphatic carbocycles. The Balaban J connectivity index is 1.27. The Morgan fingerprint density at radius 3 is 2.50 bits per heavy atom. The lowest BCUT2D eigenvalue weighted by atomic mass is 9.87. The van der Waals surface area contributed by atoms with Crippen LogP contribution in [0.15, 0.2) is 24.3 Å². The fourth-order valence-electron chi connectivity index (χ4n) is 5.39. The molecule has 1 N–H and O–H groups in total. The molecule has 3 aliphatic rings. The molecule has 7 heteroatoms. The van der Waals surface area contributed by atoms with Crippen LogP contribution in [0.2, 0.25) is 0 Å². The van der Waals surface area contributed by atoms with Gasteiger partial charge in [0.2, 0.25) is 5.91 Å². The molecule has 1 spiro atoms. The zero-order chi connectivity index (χ0) is 22.7. The summed E-state index contributed by atoms with van der Waals surface area (Å²) in [5.74, 6) is 0.362. The third kappa shape index (κ3) is 4.82. The number of amides is 4. The predicted molar refractivity (Wildman–Crippen MR) is 123 cm³/mol. The first-order chi connectivity index (χ1) is 15.4. The molecule has 4 amide bonds. The lowest BCUT2D eigenvalue weighted by Crippen LogP contribution is -2.55. The molecule has 0 aromatic heterocycles. The lowest BCUT2D eigenvalue weighted by Gasteiger charge is -2.37. The van der Waals surface area contributed by atoms with Crippen molar-refractivity contribution in [2.75, 3.05) is 39.3 Å². The number of piperidine rings is 2. The zero-order valence-corrected chi connectivity index (χ0v) is 19.4. The second kappa shape index (κ2) is 9.61. The van der Waals surface area contributed by atoms with Gasteiger partial charge in [-0.3, -0.25) is 14.5 Å². The normalized spacial score (nSPS) is 21.9. The van der Waals surface area contributed by atoms with Gasteiger partial charge in [-0.1, -0.05) is 36.8 Å². The van der Waals surface area contributed by atoms with Crippen molar-refractivity contribution in [1.82, 2.24) is 20.0 Å². The number of urea groups is 1. The van der Waals surface area contributed by atoms with Crippen LogP contribution in [-0.4, -0.2) is 77.4 Å². The van der Waals surface area contributed by atoms with E-state index in [1.807, 2.05) is 30.0 Å². The maximum Gasteiger partial charge on any atom is 0.325 e. The Morgan fingerprint density at radius 1 is 1.12 bits per heavy atom. The summed E-state index contributed by atoms with van der Waals surface area (Å²) in [6, 6.07) is 7.84. The quantitative estimate of drug-likeness (QED) is 0.690. The van der Waals surface area contributed by atoms with Crippen LogP contribution < -0.4 is 5.32 Å². The summed E-state index contributed by atoms with van der Waals surface area (Å²) >= 11 is 0. The second-order valence-corrected chi connectivity index (χ2v) is 9.76. The van der Waals surface area contributed by atoms with Crippen molar-refractivity contribution in [1.29, 1.82) is 0 Å². The highest BCUT2D eigenvalue weighted by Crippen LogP contribution is 2.31. The molecule has 1 aromatic rings. The summed E-state index contributed by atoms with van der Waals surface area (Å²) in [6.07, 6.45) is 4.57. The molecule has 3 saturated heterocycles. The van der Waals surface area contributed by atoms with Gasteiger partial charge < -0.3 is 15.1 Å². The standard InChI is InChI=1S/C25H36N4O3/c1-3-11-27-14-9-25(10-15-27)23(31)29(24(32)26-25)18-20-7-12-28(13-8-20)22(30)17-21-6-4-5-19(2)16-21/h4-6,16,20H,3,7-15,17-18H2,1-2H3,(H,26,32). The predicted octanol–water partition coefficient (Wildman–Crippen LogP) is 2.57. The van der Waals surface area contributed by atoms with Gasteiger partial charge in [0.05, 0.1) is 6.42 Å². The summed E-state index contributed by atoms with van der Waals surface area (Å²) in [6.45, 7) is 8.80. The monoisotopic (exact) mass is 440 g/mol. The number of benzene rings is 1. The smallest absolute Gasteiger partial charge is 0.325 e. The number of nitrogens with zero attached hydrogens (tertiary/aromatic N) is 3. The molecule has 0 saturated carbocycles. The van der Waals surface area contributed by atoms with Crippen molar-refractivity contribution in [3.05, 3.63) is 35.4 Å². The van der Waals surface area contributed by atoms with E-state index < -0.39 is 5.54 Å². The van der Waals surface area contributed by atoms with Crippen molar-refractivity contribution >= 4 is 17.8 Å². The van der Waals surface area contributed by atoms with E-state index in [9.17, 15) is 14.4 Å². The van der Waals surface area contributed by atoms with Crippen LogP contribution in [0.25, 0.3) is 0 Å². The highest BCUT2D eigenvalue weighted by molar-refractivity contribution is 6.07. The van der Waals surface area contributed by atoms with Crippen molar-refractivity contribution in [3.63, 3.8) is 0 Å². The number of hydrogen-bond acceptors (Lipinski definition) is 4. The van der Waals surface area contributed by atoms with Crippen LogP contribution in [0.3, 0.4) is 0 Å². The van der Waals surface area contributed by atoms with Gasteiger partial charge in [0, 0.05) is 32.7 Å².